The van der Waals surface area contributed by atoms with Gasteiger partial charge in [-0.3, -0.25) is 9.78 Å². The fraction of sp³-hybridized carbons (Fsp3) is 0.167. The molecule has 0 aliphatic rings. The predicted octanol–water partition coefficient (Wildman–Crippen LogP) is 3.60. The van der Waals surface area contributed by atoms with E-state index in [1.54, 1.807) is 18.5 Å². The van der Waals surface area contributed by atoms with E-state index in [-0.39, 0.29) is 30.5 Å². The van der Waals surface area contributed by atoms with Crippen LogP contribution in [0.2, 0.25) is 0 Å². The zero-order valence-electron chi connectivity index (χ0n) is 13.9. The highest BCUT2D eigenvalue weighted by molar-refractivity contribution is 5.91. The number of rotatable bonds is 6. The first kappa shape index (κ1) is 18.4. The Labute approximate surface area is 152 Å². The Balaban J connectivity index is 1.56. The van der Waals surface area contributed by atoms with Crippen molar-refractivity contribution in [2.75, 3.05) is 0 Å². The Kier molecular flexibility index (Phi) is 5.39. The van der Waals surface area contributed by atoms with Gasteiger partial charge in [0, 0.05) is 18.9 Å². The van der Waals surface area contributed by atoms with Crippen LogP contribution < -0.4 is 10.1 Å². The summed E-state index contributed by atoms with van der Waals surface area (Å²) >= 11 is 0. The van der Waals surface area contributed by atoms with Crippen LogP contribution in [0.4, 0.5) is 13.2 Å². The number of carbonyl (C=O) groups is 1. The van der Waals surface area contributed by atoms with Crippen LogP contribution in [-0.2, 0) is 19.3 Å². The standard InChI is InChI=1S/C18H14F3N3O3/c19-18(20,21)13-4-1-5-14(7-13)26-11-16-24-15(10-27-16)17(25)23-9-12-3-2-6-22-8-12/h1-8,10H,9,11H2,(H,23,25). The molecule has 0 fully saturated rings. The van der Waals surface area contributed by atoms with E-state index in [0.29, 0.717) is 0 Å². The molecule has 2 heterocycles. The second-order valence-corrected chi connectivity index (χ2v) is 5.48. The van der Waals surface area contributed by atoms with Crippen molar-refractivity contribution in [3.8, 4) is 5.75 Å². The minimum Gasteiger partial charge on any atom is -0.484 e. The molecular weight excluding hydrogens is 363 g/mol. The van der Waals surface area contributed by atoms with Gasteiger partial charge in [-0.25, -0.2) is 4.98 Å². The summed E-state index contributed by atoms with van der Waals surface area (Å²) in [4.78, 5) is 19.9. The molecule has 0 bridgehead atoms. The van der Waals surface area contributed by atoms with E-state index in [4.69, 9.17) is 9.15 Å². The molecule has 3 aromatic rings. The number of pyridine rings is 1. The third-order valence-electron chi connectivity index (χ3n) is 3.48. The van der Waals surface area contributed by atoms with Crippen molar-refractivity contribution < 1.29 is 27.1 Å². The van der Waals surface area contributed by atoms with Crippen LogP contribution >= 0.6 is 0 Å². The SMILES string of the molecule is O=C(NCc1cccnc1)c1coc(COc2cccc(C(F)(F)F)c2)n1. The van der Waals surface area contributed by atoms with E-state index in [0.717, 1.165) is 24.0 Å². The molecular formula is C18H14F3N3O3. The number of hydrogen-bond donors (Lipinski definition) is 1. The maximum absolute atomic E-state index is 12.7. The third kappa shape index (κ3) is 5.06. The molecule has 0 aliphatic heterocycles. The summed E-state index contributed by atoms with van der Waals surface area (Å²) in [6, 6.07) is 8.02. The molecule has 0 unspecified atom stereocenters. The molecule has 0 saturated carbocycles. The highest BCUT2D eigenvalue weighted by atomic mass is 19.4. The smallest absolute Gasteiger partial charge is 0.416 e. The molecule has 0 aliphatic carbocycles. The predicted molar refractivity (Wildman–Crippen MR) is 87.7 cm³/mol. The lowest BCUT2D eigenvalue weighted by molar-refractivity contribution is -0.137. The molecule has 3 rings (SSSR count). The lowest BCUT2D eigenvalue weighted by atomic mass is 10.2. The van der Waals surface area contributed by atoms with Gasteiger partial charge >= 0.3 is 6.18 Å². The lowest BCUT2D eigenvalue weighted by Gasteiger charge is -2.09. The van der Waals surface area contributed by atoms with Crippen LogP contribution in [-0.4, -0.2) is 15.9 Å². The van der Waals surface area contributed by atoms with Crippen LogP contribution in [0.25, 0.3) is 0 Å². The number of alkyl halides is 3. The number of nitrogens with zero attached hydrogens (tertiary/aromatic N) is 2. The number of aromatic nitrogens is 2. The lowest BCUT2D eigenvalue weighted by Crippen LogP contribution is -2.23. The van der Waals surface area contributed by atoms with Crippen LogP contribution in [0.15, 0.2) is 59.5 Å². The van der Waals surface area contributed by atoms with Crippen LogP contribution in [0.1, 0.15) is 27.5 Å². The summed E-state index contributed by atoms with van der Waals surface area (Å²) in [5, 5.41) is 2.66. The van der Waals surface area contributed by atoms with Gasteiger partial charge in [-0.2, -0.15) is 13.2 Å². The number of halogens is 3. The summed E-state index contributed by atoms with van der Waals surface area (Å²) < 4.78 is 48.4. The average Bonchev–Trinajstić information content (AvgIpc) is 3.14. The molecule has 9 heteroatoms. The minimum absolute atomic E-state index is 0.0191. The summed E-state index contributed by atoms with van der Waals surface area (Å²) in [6.45, 7) is 0.0623. The van der Waals surface area contributed by atoms with E-state index >= 15 is 0 Å². The van der Waals surface area contributed by atoms with Gasteiger partial charge in [0.25, 0.3) is 5.91 Å². The Morgan fingerprint density at radius 1 is 1.22 bits per heavy atom. The van der Waals surface area contributed by atoms with E-state index in [9.17, 15) is 18.0 Å². The number of carbonyl (C=O) groups excluding carboxylic acids is 1. The molecule has 27 heavy (non-hydrogen) atoms. The second kappa shape index (κ2) is 7.90. The Bertz CT molecular complexity index is 911. The minimum atomic E-state index is -4.46. The zero-order chi connectivity index (χ0) is 19.3. The quantitative estimate of drug-likeness (QED) is 0.710. The van der Waals surface area contributed by atoms with Crippen LogP contribution in [0.5, 0.6) is 5.75 Å². The van der Waals surface area contributed by atoms with Crippen molar-refractivity contribution in [3.05, 3.63) is 77.8 Å². The van der Waals surface area contributed by atoms with Crippen molar-refractivity contribution in [2.24, 2.45) is 0 Å². The number of oxazole rings is 1. The number of nitrogens with one attached hydrogen (secondary N) is 1. The van der Waals surface area contributed by atoms with E-state index < -0.39 is 17.6 Å². The van der Waals surface area contributed by atoms with E-state index in [1.165, 1.54) is 12.1 Å². The Hall–Kier alpha value is -3.36. The van der Waals surface area contributed by atoms with Gasteiger partial charge in [0.15, 0.2) is 12.3 Å². The molecule has 2 aromatic heterocycles. The fourth-order valence-corrected chi connectivity index (χ4v) is 2.16. The number of hydrogen-bond acceptors (Lipinski definition) is 5. The Morgan fingerprint density at radius 2 is 2.07 bits per heavy atom. The van der Waals surface area contributed by atoms with Gasteiger partial charge in [-0.1, -0.05) is 12.1 Å². The largest absolute Gasteiger partial charge is 0.484 e. The normalized spacial score (nSPS) is 11.2. The number of benzene rings is 1. The molecule has 6 nitrogen and oxygen atoms in total. The third-order valence-corrected chi connectivity index (χ3v) is 3.48. The molecule has 1 amide bonds. The van der Waals surface area contributed by atoms with E-state index in [1.807, 2.05) is 6.07 Å². The highest BCUT2D eigenvalue weighted by Gasteiger charge is 2.30. The number of amides is 1. The molecule has 0 atom stereocenters. The topological polar surface area (TPSA) is 77.2 Å². The summed E-state index contributed by atoms with van der Waals surface area (Å²) in [7, 11) is 0. The summed E-state index contributed by atoms with van der Waals surface area (Å²) in [5.41, 5.74) is 0.0480. The second-order valence-electron chi connectivity index (χ2n) is 5.48. The van der Waals surface area contributed by atoms with Crippen molar-refractivity contribution in [2.45, 2.75) is 19.3 Å². The van der Waals surface area contributed by atoms with E-state index in [2.05, 4.69) is 15.3 Å². The molecule has 1 N–H and O–H groups in total. The van der Waals surface area contributed by atoms with Crippen molar-refractivity contribution in [1.29, 1.82) is 0 Å². The maximum Gasteiger partial charge on any atom is 0.416 e. The van der Waals surface area contributed by atoms with Gasteiger partial charge in [0.1, 0.15) is 12.0 Å². The van der Waals surface area contributed by atoms with Crippen molar-refractivity contribution in [3.63, 3.8) is 0 Å². The summed E-state index contributed by atoms with van der Waals surface area (Å²) in [5.74, 6) is -0.363. The zero-order valence-corrected chi connectivity index (χ0v) is 13.9. The van der Waals surface area contributed by atoms with Gasteiger partial charge in [-0.15, -0.1) is 0 Å². The molecule has 140 valence electrons. The van der Waals surface area contributed by atoms with Crippen molar-refractivity contribution >= 4 is 5.91 Å². The fourth-order valence-electron chi connectivity index (χ4n) is 2.16. The molecule has 0 spiro atoms. The van der Waals surface area contributed by atoms with Gasteiger partial charge in [-0.05, 0) is 29.8 Å². The number of ether oxygens (including phenoxy) is 1. The molecule has 1 aromatic carbocycles. The average molecular weight is 377 g/mol. The van der Waals surface area contributed by atoms with Gasteiger partial charge in [0.05, 0.1) is 5.56 Å². The Morgan fingerprint density at radius 3 is 2.81 bits per heavy atom. The van der Waals surface area contributed by atoms with Crippen molar-refractivity contribution in [1.82, 2.24) is 15.3 Å². The maximum atomic E-state index is 12.7. The van der Waals surface area contributed by atoms with Crippen LogP contribution in [0.3, 0.4) is 0 Å². The first-order valence-corrected chi connectivity index (χ1v) is 7.83. The highest BCUT2D eigenvalue weighted by Crippen LogP contribution is 2.31. The van der Waals surface area contributed by atoms with Crippen LogP contribution in [0, 0.1) is 0 Å². The van der Waals surface area contributed by atoms with Gasteiger partial charge < -0.3 is 14.5 Å². The first-order valence-electron chi connectivity index (χ1n) is 7.83. The summed E-state index contributed by atoms with van der Waals surface area (Å²) in [6.07, 6.45) is -0.0533. The monoisotopic (exact) mass is 377 g/mol. The molecule has 0 radical (unpaired) electrons. The first-order chi connectivity index (χ1) is 12.9. The van der Waals surface area contributed by atoms with Gasteiger partial charge in [0.2, 0.25) is 5.89 Å². The molecule has 0 saturated heterocycles.